The first-order chi connectivity index (χ1) is 12.3. The lowest BCUT2D eigenvalue weighted by Gasteiger charge is -2.42. The average Bonchev–Trinajstić information content (AvgIpc) is 3.19. The van der Waals surface area contributed by atoms with Crippen molar-refractivity contribution in [3.63, 3.8) is 0 Å². The van der Waals surface area contributed by atoms with Crippen LogP contribution in [0.15, 0.2) is 30.3 Å². The summed E-state index contributed by atoms with van der Waals surface area (Å²) < 4.78 is 5.50. The van der Waals surface area contributed by atoms with Gasteiger partial charge in [-0.25, -0.2) is 4.79 Å². The van der Waals surface area contributed by atoms with Crippen LogP contribution in [0.3, 0.4) is 0 Å². The molecule has 138 valence electrons. The van der Waals surface area contributed by atoms with Crippen molar-refractivity contribution in [2.75, 3.05) is 19.6 Å². The van der Waals surface area contributed by atoms with E-state index in [9.17, 15) is 9.59 Å². The fourth-order valence-corrected chi connectivity index (χ4v) is 3.68. The van der Waals surface area contributed by atoms with Crippen LogP contribution in [-0.4, -0.2) is 57.6 Å². The van der Waals surface area contributed by atoms with E-state index >= 15 is 0 Å². The molecule has 4 rings (SSSR count). The number of carbonyl (C=O) groups is 2. The highest BCUT2D eigenvalue weighted by Crippen LogP contribution is 2.45. The molecule has 1 saturated heterocycles. The van der Waals surface area contributed by atoms with Crippen molar-refractivity contribution in [1.82, 2.24) is 14.8 Å². The number of H-pyrrole nitrogens is 1. The van der Waals surface area contributed by atoms with E-state index in [1.807, 2.05) is 56.0 Å². The van der Waals surface area contributed by atoms with Gasteiger partial charge in [-0.3, -0.25) is 4.79 Å². The summed E-state index contributed by atoms with van der Waals surface area (Å²) in [6.07, 6.45) is 1.57. The monoisotopic (exact) mass is 355 g/mol. The Morgan fingerprint density at radius 1 is 1.15 bits per heavy atom. The van der Waals surface area contributed by atoms with Crippen molar-refractivity contribution in [3.05, 3.63) is 36.0 Å². The number of aromatic amines is 1. The lowest BCUT2D eigenvalue weighted by molar-refractivity contribution is 0.000525. The van der Waals surface area contributed by atoms with Crippen molar-refractivity contribution >= 4 is 22.9 Å². The van der Waals surface area contributed by atoms with Crippen LogP contribution in [0.2, 0.25) is 0 Å². The number of piperazine rings is 1. The van der Waals surface area contributed by atoms with Gasteiger partial charge in [0.25, 0.3) is 5.91 Å². The highest BCUT2D eigenvalue weighted by atomic mass is 16.6. The number of amides is 2. The number of benzene rings is 1. The molecule has 1 aromatic carbocycles. The summed E-state index contributed by atoms with van der Waals surface area (Å²) >= 11 is 0. The standard InChI is InChI=1S/C20H25N3O3/c1-19(2,3)26-18(25)22-10-11-23(20(13-22)8-9-20)17(24)16-12-14-6-4-5-7-15(14)21-16/h4-7,12,21H,8-11,13H2,1-3H3. The molecule has 26 heavy (non-hydrogen) atoms. The van der Waals surface area contributed by atoms with Crippen molar-refractivity contribution in [3.8, 4) is 0 Å². The van der Waals surface area contributed by atoms with E-state index in [1.165, 1.54) is 0 Å². The largest absolute Gasteiger partial charge is 0.444 e. The Kier molecular flexibility index (Phi) is 3.75. The number of nitrogens with one attached hydrogen (secondary N) is 1. The van der Waals surface area contributed by atoms with Gasteiger partial charge in [0.15, 0.2) is 0 Å². The second-order valence-corrected chi connectivity index (χ2v) is 8.35. The summed E-state index contributed by atoms with van der Waals surface area (Å²) in [7, 11) is 0. The Morgan fingerprint density at radius 2 is 1.88 bits per heavy atom. The highest BCUT2D eigenvalue weighted by Gasteiger charge is 2.54. The van der Waals surface area contributed by atoms with E-state index in [-0.39, 0.29) is 17.5 Å². The molecule has 1 aliphatic carbocycles. The molecule has 2 aromatic rings. The minimum Gasteiger partial charge on any atom is -0.444 e. The molecule has 1 aliphatic heterocycles. The summed E-state index contributed by atoms with van der Waals surface area (Å²) in [5, 5.41) is 1.04. The van der Waals surface area contributed by atoms with Crippen molar-refractivity contribution in [1.29, 1.82) is 0 Å². The van der Waals surface area contributed by atoms with Crippen LogP contribution in [0.4, 0.5) is 4.79 Å². The smallest absolute Gasteiger partial charge is 0.410 e. The van der Waals surface area contributed by atoms with Gasteiger partial charge in [0.1, 0.15) is 11.3 Å². The van der Waals surface area contributed by atoms with Crippen LogP contribution in [0, 0.1) is 0 Å². The van der Waals surface area contributed by atoms with E-state index in [1.54, 1.807) is 4.90 Å². The molecular weight excluding hydrogens is 330 g/mol. The van der Waals surface area contributed by atoms with Gasteiger partial charge in [-0.2, -0.15) is 0 Å². The fraction of sp³-hybridized carbons (Fsp3) is 0.500. The molecule has 2 fully saturated rings. The summed E-state index contributed by atoms with van der Waals surface area (Å²) in [6, 6.07) is 9.80. The zero-order valence-corrected chi connectivity index (χ0v) is 15.5. The van der Waals surface area contributed by atoms with E-state index < -0.39 is 5.60 Å². The highest BCUT2D eigenvalue weighted by molar-refractivity contribution is 5.98. The van der Waals surface area contributed by atoms with Gasteiger partial charge in [0.05, 0.1) is 5.54 Å². The van der Waals surface area contributed by atoms with Crippen molar-refractivity contribution in [2.45, 2.75) is 44.8 Å². The van der Waals surface area contributed by atoms with Gasteiger partial charge in [-0.15, -0.1) is 0 Å². The molecule has 1 saturated carbocycles. The number of ether oxygens (including phenoxy) is 1. The first-order valence-electron chi connectivity index (χ1n) is 9.15. The maximum Gasteiger partial charge on any atom is 0.410 e. The molecule has 1 N–H and O–H groups in total. The van der Waals surface area contributed by atoms with Crippen LogP contribution in [0.5, 0.6) is 0 Å². The van der Waals surface area contributed by atoms with Crippen molar-refractivity contribution < 1.29 is 14.3 Å². The predicted molar refractivity (Wildman–Crippen MR) is 99.1 cm³/mol. The third-order valence-corrected chi connectivity index (χ3v) is 5.14. The zero-order valence-electron chi connectivity index (χ0n) is 15.5. The number of hydrogen-bond donors (Lipinski definition) is 1. The third-order valence-electron chi connectivity index (χ3n) is 5.14. The SMILES string of the molecule is CC(C)(C)OC(=O)N1CCN(C(=O)c2cc3ccccc3[nH]2)C2(CC2)C1. The molecule has 2 amide bonds. The van der Waals surface area contributed by atoms with Gasteiger partial charge in [-0.05, 0) is 45.7 Å². The van der Waals surface area contributed by atoms with E-state index in [4.69, 9.17) is 4.74 Å². The molecule has 2 heterocycles. The maximum absolute atomic E-state index is 13.1. The van der Waals surface area contributed by atoms with Crippen LogP contribution in [0.1, 0.15) is 44.1 Å². The number of aromatic nitrogens is 1. The second-order valence-electron chi connectivity index (χ2n) is 8.35. The van der Waals surface area contributed by atoms with Gasteiger partial charge >= 0.3 is 6.09 Å². The topological polar surface area (TPSA) is 65.6 Å². The first kappa shape index (κ1) is 16.9. The molecule has 0 unspecified atom stereocenters. The summed E-state index contributed by atoms with van der Waals surface area (Å²) in [6.45, 7) is 7.19. The Hall–Kier alpha value is -2.50. The predicted octanol–water partition coefficient (Wildman–Crippen LogP) is 3.39. The number of para-hydroxylation sites is 1. The third kappa shape index (κ3) is 3.04. The minimum absolute atomic E-state index is 0.0162. The Labute approximate surface area is 153 Å². The Bertz CT molecular complexity index is 828. The fourth-order valence-electron chi connectivity index (χ4n) is 3.68. The normalized spacial score (nSPS) is 19.0. The van der Waals surface area contributed by atoms with Crippen LogP contribution >= 0.6 is 0 Å². The molecule has 6 heteroatoms. The summed E-state index contributed by atoms with van der Waals surface area (Å²) in [5.74, 6) is 0.0162. The van der Waals surface area contributed by atoms with Gasteiger partial charge < -0.3 is 19.5 Å². The maximum atomic E-state index is 13.1. The minimum atomic E-state index is -0.509. The molecular formula is C20H25N3O3. The quantitative estimate of drug-likeness (QED) is 0.853. The summed E-state index contributed by atoms with van der Waals surface area (Å²) in [4.78, 5) is 32.4. The van der Waals surface area contributed by atoms with Crippen LogP contribution in [-0.2, 0) is 4.74 Å². The Morgan fingerprint density at radius 3 is 2.54 bits per heavy atom. The molecule has 0 bridgehead atoms. The van der Waals surface area contributed by atoms with E-state index in [2.05, 4.69) is 4.98 Å². The van der Waals surface area contributed by atoms with Crippen LogP contribution in [0.25, 0.3) is 10.9 Å². The Balaban J connectivity index is 1.51. The summed E-state index contributed by atoms with van der Waals surface area (Å²) in [5.41, 5.74) is 0.838. The molecule has 0 atom stereocenters. The molecule has 2 aliphatic rings. The first-order valence-corrected chi connectivity index (χ1v) is 9.15. The van der Waals surface area contributed by atoms with Crippen molar-refractivity contribution in [2.24, 2.45) is 0 Å². The molecule has 1 aromatic heterocycles. The number of fused-ring (bicyclic) bond motifs is 1. The average molecular weight is 355 g/mol. The van der Waals surface area contributed by atoms with Gasteiger partial charge in [0.2, 0.25) is 0 Å². The number of rotatable bonds is 1. The molecule has 0 radical (unpaired) electrons. The van der Waals surface area contributed by atoms with E-state index in [0.717, 1.165) is 23.7 Å². The number of nitrogens with zero attached hydrogens (tertiary/aromatic N) is 2. The lowest BCUT2D eigenvalue weighted by Crippen LogP contribution is -2.58. The molecule has 6 nitrogen and oxygen atoms in total. The van der Waals surface area contributed by atoms with E-state index in [0.29, 0.717) is 25.3 Å². The second kappa shape index (κ2) is 5.76. The van der Waals surface area contributed by atoms with Gasteiger partial charge in [0, 0.05) is 30.5 Å². The zero-order chi connectivity index (χ0) is 18.5. The molecule has 1 spiro atoms. The number of hydrogen-bond acceptors (Lipinski definition) is 3. The lowest BCUT2D eigenvalue weighted by atomic mass is 10.1. The van der Waals surface area contributed by atoms with Gasteiger partial charge in [-0.1, -0.05) is 18.2 Å². The van der Waals surface area contributed by atoms with Crippen LogP contribution < -0.4 is 0 Å². The number of carbonyl (C=O) groups excluding carboxylic acids is 2.